The van der Waals surface area contributed by atoms with Crippen molar-refractivity contribution in [2.24, 2.45) is 0 Å². The van der Waals surface area contributed by atoms with Crippen molar-refractivity contribution >= 4 is 35.1 Å². The predicted molar refractivity (Wildman–Crippen MR) is 103 cm³/mol. The van der Waals surface area contributed by atoms with E-state index in [4.69, 9.17) is 0 Å². The Morgan fingerprint density at radius 1 is 1.22 bits per heavy atom. The number of aryl methyl sites for hydroxylation is 1. The normalized spacial score (nSPS) is 10.2. The third-order valence-electron chi connectivity index (χ3n) is 2.81. The van der Waals surface area contributed by atoms with E-state index in [-0.39, 0.29) is 0 Å². The van der Waals surface area contributed by atoms with Gasteiger partial charge in [0, 0.05) is 29.0 Å². The predicted octanol–water partition coefficient (Wildman–Crippen LogP) is 5.02. The molecule has 0 unspecified atom stereocenters. The van der Waals surface area contributed by atoms with Gasteiger partial charge in [-0.15, -0.1) is 23.5 Å². The summed E-state index contributed by atoms with van der Waals surface area (Å²) in [5, 5.41) is 9.79. The molecule has 1 heterocycles. The van der Waals surface area contributed by atoms with Crippen LogP contribution >= 0.6 is 23.5 Å². The number of pyridine rings is 1. The lowest BCUT2D eigenvalue weighted by atomic mass is 10.0. The van der Waals surface area contributed by atoms with Crippen molar-refractivity contribution in [1.82, 2.24) is 4.98 Å². The van der Waals surface area contributed by atoms with Crippen LogP contribution in [0.1, 0.15) is 32.0 Å². The largest absolute Gasteiger partial charge is 0.478 e. The van der Waals surface area contributed by atoms with Crippen molar-refractivity contribution in [3.05, 3.63) is 58.1 Å². The molecule has 1 rings (SSSR count). The molecular formula is C18H23NO2S2. The quantitative estimate of drug-likeness (QED) is 0.501. The minimum absolute atomic E-state index is 0.326. The average molecular weight is 350 g/mol. The molecule has 0 bridgehead atoms. The van der Waals surface area contributed by atoms with Crippen LogP contribution in [0.4, 0.5) is 0 Å². The summed E-state index contributed by atoms with van der Waals surface area (Å²) in [6.45, 7) is 13.7. The Balaban J connectivity index is 3.38. The van der Waals surface area contributed by atoms with Crippen LogP contribution in [0, 0.1) is 0 Å². The number of nitrogens with zero attached hydrogens (tertiary/aromatic N) is 1. The zero-order valence-corrected chi connectivity index (χ0v) is 15.5. The van der Waals surface area contributed by atoms with E-state index in [2.05, 4.69) is 18.1 Å². The molecule has 0 aliphatic heterocycles. The molecule has 5 heteroatoms. The zero-order chi connectivity index (χ0) is 17.4. The Labute approximate surface area is 147 Å². The van der Waals surface area contributed by atoms with E-state index in [0.717, 1.165) is 21.1 Å². The summed E-state index contributed by atoms with van der Waals surface area (Å²) in [7, 11) is 0. The van der Waals surface area contributed by atoms with Gasteiger partial charge in [-0.3, -0.25) is 4.98 Å². The Hall–Kier alpha value is -1.46. The minimum atomic E-state index is -0.925. The highest BCUT2D eigenvalue weighted by Crippen LogP contribution is 2.38. The first-order valence-corrected chi connectivity index (χ1v) is 9.30. The van der Waals surface area contributed by atoms with Crippen LogP contribution in [0.2, 0.25) is 0 Å². The molecule has 0 amide bonds. The standard InChI is InChI=1S/C18H23NO2S2/c1-6-15-14(8-7-9-19-15)16(17(20)21)18(22-10-12(2)3)23-11-13(4)5/h7-9H,2,4,6,10-11H2,1,3,5H3,(H,20,21). The molecule has 0 saturated carbocycles. The molecule has 124 valence electrons. The molecule has 0 fully saturated rings. The van der Waals surface area contributed by atoms with Crippen molar-refractivity contribution in [1.29, 1.82) is 0 Å². The third kappa shape index (κ3) is 6.28. The highest BCUT2D eigenvalue weighted by Gasteiger charge is 2.21. The summed E-state index contributed by atoms with van der Waals surface area (Å²) >= 11 is 3.03. The number of carbonyl (C=O) groups is 1. The fourth-order valence-electron chi connectivity index (χ4n) is 1.82. The maximum Gasteiger partial charge on any atom is 0.338 e. The molecule has 0 aromatic carbocycles. The third-order valence-corrected chi connectivity index (χ3v) is 5.73. The number of aliphatic carboxylic acids is 1. The fourth-order valence-corrected chi connectivity index (χ4v) is 3.95. The van der Waals surface area contributed by atoms with Gasteiger partial charge in [0.05, 0.1) is 9.81 Å². The number of hydrogen-bond donors (Lipinski definition) is 1. The van der Waals surface area contributed by atoms with Crippen molar-refractivity contribution in [2.45, 2.75) is 27.2 Å². The molecule has 0 saturated heterocycles. The number of carboxylic acid groups (broad SMARTS) is 1. The Bertz CT molecular complexity index is 616. The SMILES string of the molecule is C=C(C)CSC(SCC(=C)C)=C(C(=O)O)c1cccnc1CC. The van der Waals surface area contributed by atoms with Crippen LogP contribution < -0.4 is 0 Å². The monoisotopic (exact) mass is 349 g/mol. The smallest absolute Gasteiger partial charge is 0.338 e. The highest BCUT2D eigenvalue weighted by atomic mass is 32.2. The maximum absolute atomic E-state index is 11.9. The number of carboxylic acids is 1. The average Bonchev–Trinajstić information content (AvgIpc) is 2.49. The molecule has 1 aromatic rings. The van der Waals surface area contributed by atoms with Gasteiger partial charge in [-0.1, -0.05) is 37.3 Å². The van der Waals surface area contributed by atoms with Crippen molar-refractivity contribution in [2.75, 3.05) is 11.5 Å². The number of rotatable bonds is 9. The van der Waals surface area contributed by atoms with Gasteiger partial charge < -0.3 is 5.11 Å². The van der Waals surface area contributed by atoms with Gasteiger partial charge in [0.1, 0.15) is 0 Å². The van der Waals surface area contributed by atoms with Gasteiger partial charge in [0.15, 0.2) is 0 Å². The van der Waals surface area contributed by atoms with Gasteiger partial charge >= 0.3 is 5.97 Å². The minimum Gasteiger partial charge on any atom is -0.478 e. The van der Waals surface area contributed by atoms with Gasteiger partial charge in [0.2, 0.25) is 0 Å². The summed E-state index contributed by atoms with van der Waals surface area (Å²) < 4.78 is 0.784. The van der Waals surface area contributed by atoms with Gasteiger partial charge in [-0.2, -0.15) is 0 Å². The van der Waals surface area contributed by atoms with Crippen LogP contribution in [0.15, 0.2) is 46.9 Å². The van der Waals surface area contributed by atoms with E-state index in [0.29, 0.717) is 29.1 Å². The topological polar surface area (TPSA) is 50.2 Å². The fraction of sp³-hybridized carbons (Fsp3) is 0.333. The maximum atomic E-state index is 11.9. The van der Waals surface area contributed by atoms with Crippen molar-refractivity contribution in [3.8, 4) is 0 Å². The lowest BCUT2D eigenvalue weighted by Crippen LogP contribution is -2.06. The Morgan fingerprint density at radius 3 is 2.22 bits per heavy atom. The summed E-state index contributed by atoms with van der Waals surface area (Å²) in [4.78, 5) is 16.3. The van der Waals surface area contributed by atoms with Crippen LogP contribution in [-0.2, 0) is 11.2 Å². The second kappa shape index (κ2) is 9.63. The molecule has 0 spiro atoms. The molecule has 0 atom stereocenters. The van der Waals surface area contributed by atoms with Crippen molar-refractivity contribution < 1.29 is 9.90 Å². The number of aromatic nitrogens is 1. The molecule has 1 aromatic heterocycles. The highest BCUT2D eigenvalue weighted by molar-refractivity contribution is 8.22. The summed E-state index contributed by atoms with van der Waals surface area (Å²) in [6.07, 6.45) is 2.39. The second-order valence-electron chi connectivity index (χ2n) is 5.31. The van der Waals surface area contributed by atoms with Crippen LogP contribution in [-0.4, -0.2) is 27.6 Å². The first-order chi connectivity index (χ1) is 10.9. The zero-order valence-electron chi connectivity index (χ0n) is 13.9. The molecule has 0 aliphatic rings. The van der Waals surface area contributed by atoms with Crippen LogP contribution in [0.5, 0.6) is 0 Å². The van der Waals surface area contributed by atoms with Crippen molar-refractivity contribution in [3.63, 3.8) is 0 Å². The number of thioether (sulfide) groups is 2. The molecule has 23 heavy (non-hydrogen) atoms. The lowest BCUT2D eigenvalue weighted by molar-refractivity contribution is -0.130. The van der Waals surface area contributed by atoms with Gasteiger partial charge in [-0.25, -0.2) is 4.79 Å². The second-order valence-corrected chi connectivity index (χ2v) is 7.54. The molecule has 3 nitrogen and oxygen atoms in total. The lowest BCUT2D eigenvalue weighted by Gasteiger charge is -2.14. The molecule has 0 radical (unpaired) electrons. The summed E-state index contributed by atoms with van der Waals surface area (Å²) in [6, 6.07) is 3.61. The number of hydrogen-bond acceptors (Lipinski definition) is 4. The Kier molecular flexibility index (Phi) is 8.20. The summed E-state index contributed by atoms with van der Waals surface area (Å²) in [5.74, 6) is 0.458. The molecular weight excluding hydrogens is 326 g/mol. The van der Waals surface area contributed by atoms with Gasteiger partial charge in [0.25, 0.3) is 0 Å². The van der Waals surface area contributed by atoms with E-state index in [1.807, 2.05) is 26.8 Å². The summed E-state index contributed by atoms with van der Waals surface area (Å²) in [5.41, 5.74) is 3.84. The van der Waals surface area contributed by atoms with E-state index >= 15 is 0 Å². The van der Waals surface area contributed by atoms with Gasteiger partial charge in [-0.05, 0) is 26.3 Å². The first kappa shape index (κ1) is 19.6. The van der Waals surface area contributed by atoms with E-state index in [1.165, 1.54) is 23.5 Å². The first-order valence-electron chi connectivity index (χ1n) is 7.33. The van der Waals surface area contributed by atoms with E-state index in [1.54, 1.807) is 12.3 Å². The molecule has 0 aliphatic carbocycles. The van der Waals surface area contributed by atoms with Crippen LogP contribution in [0.25, 0.3) is 5.57 Å². The molecule has 1 N–H and O–H groups in total. The van der Waals surface area contributed by atoms with Crippen LogP contribution in [0.3, 0.4) is 0 Å². The Morgan fingerprint density at radius 2 is 1.78 bits per heavy atom. The van der Waals surface area contributed by atoms with E-state index in [9.17, 15) is 9.90 Å². The van der Waals surface area contributed by atoms with E-state index < -0.39 is 5.97 Å².